The second-order valence-electron chi connectivity index (χ2n) is 5.03. The minimum Gasteiger partial charge on any atom is -0.385 e. The number of nitrogens with one attached hydrogen (secondary N) is 1. The van der Waals surface area contributed by atoms with Crippen molar-refractivity contribution in [3.63, 3.8) is 0 Å². The van der Waals surface area contributed by atoms with Crippen molar-refractivity contribution >= 4 is 5.70 Å². The van der Waals surface area contributed by atoms with E-state index in [-0.39, 0.29) is 0 Å². The fourth-order valence-corrected chi connectivity index (χ4v) is 2.37. The highest BCUT2D eigenvalue weighted by atomic mass is 16.5. The minimum atomic E-state index is 0.878. The van der Waals surface area contributed by atoms with Crippen molar-refractivity contribution in [2.24, 2.45) is 0 Å². The molecule has 0 atom stereocenters. The van der Waals surface area contributed by atoms with Gasteiger partial charge in [-0.05, 0) is 31.0 Å². The summed E-state index contributed by atoms with van der Waals surface area (Å²) in [5.74, 6) is 0. The van der Waals surface area contributed by atoms with Crippen LogP contribution in [0.5, 0.6) is 0 Å². The minimum absolute atomic E-state index is 0.878. The SMILES string of the molecule is C=C(NCCCN1CCOCC1)c1ccccc1C.CC. The van der Waals surface area contributed by atoms with Crippen molar-refractivity contribution in [3.05, 3.63) is 42.0 Å². The number of rotatable bonds is 6. The molecular formula is C18H30N2O. The molecule has 21 heavy (non-hydrogen) atoms. The van der Waals surface area contributed by atoms with E-state index in [9.17, 15) is 0 Å². The Morgan fingerprint density at radius 2 is 1.90 bits per heavy atom. The molecule has 1 fully saturated rings. The Hall–Kier alpha value is -1.32. The predicted octanol–water partition coefficient (Wildman–Crippen LogP) is 3.30. The van der Waals surface area contributed by atoms with Crippen molar-refractivity contribution in [1.82, 2.24) is 10.2 Å². The Labute approximate surface area is 130 Å². The van der Waals surface area contributed by atoms with Crippen LogP contribution in [0.1, 0.15) is 31.4 Å². The van der Waals surface area contributed by atoms with Gasteiger partial charge >= 0.3 is 0 Å². The van der Waals surface area contributed by atoms with Gasteiger partial charge in [0.15, 0.2) is 0 Å². The summed E-state index contributed by atoms with van der Waals surface area (Å²) >= 11 is 0. The summed E-state index contributed by atoms with van der Waals surface area (Å²) in [6, 6.07) is 8.36. The molecule has 0 aromatic heterocycles. The average molecular weight is 290 g/mol. The number of nitrogens with zero attached hydrogens (tertiary/aromatic N) is 1. The summed E-state index contributed by atoms with van der Waals surface area (Å²) in [5.41, 5.74) is 3.52. The fraction of sp³-hybridized carbons (Fsp3) is 0.556. The maximum absolute atomic E-state index is 5.34. The van der Waals surface area contributed by atoms with Crippen LogP contribution >= 0.6 is 0 Å². The van der Waals surface area contributed by atoms with E-state index in [0.29, 0.717) is 0 Å². The molecule has 0 bridgehead atoms. The molecule has 0 saturated carbocycles. The largest absolute Gasteiger partial charge is 0.385 e. The Balaban J connectivity index is 0.00000106. The van der Waals surface area contributed by atoms with Gasteiger partial charge in [0.1, 0.15) is 0 Å². The van der Waals surface area contributed by atoms with E-state index in [1.165, 1.54) is 11.1 Å². The summed E-state index contributed by atoms with van der Waals surface area (Å²) < 4.78 is 5.34. The smallest absolute Gasteiger partial charge is 0.0594 e. The van der Waals surface area contributed by atoms with Gasteiger partial charge in [0.05, 0.1) is 13.2 Å². The number of morpholine rings is 1. The molecule has 0 radical (unpaired) electrons. The van der Waals surface area contributed by atoms with E-state index < -0.39 is 0 Å². The van der Waals surface area contributed by atoms with Gasteiger partial charge in [-0.25, -0.2) is 0 Å². The lowest BCUT2D eigenvalue weighted by Gasteiger charge is -2.26. The van der Waals surface area contributed by atoms with E-state index in [1.54, 1.807) is 0 Å². The number of benzene rings is 1. The average Bonchev–Trinajstić information content (AvgIpc) is 2.55. The number of ether oxygens (including phenoxy) is 1. The summed E-state index contributed by atoms with van der Waals surface area (Å²) in [6.07, 6.45) is 1.14. The molecule has 0 unspecified atom stereocenters. The molecule has 3 heteroatoms. The van der Waals surface area contributed by atoms with E-state index in [0.717, 1.165) is 51.5 Å². The molecular weight excluding hydrogens is 260 g/mol. The van der Waals surface area contributed by atoms with Crippen LogP contribution in [0.15, 0.2) is 30.8 Å². The first-order valence-corrected chi connectivity index (χ1v) is 8.06. The van der Waals surface area contributed by atoms with Crippen LogP contribution in [-0.2, 0) is 4.74 Å². The lowest BCUT2D eigenvalue weighted by molar-refractivity contribution is 0.0376. The van der Waals surface area contributed by atoms with Crippen LogP contribution in [-0.4, -0.2) is 44.3 Å². The fourth-order valence-electron chi connectivity index (χ4n) is 2.37. The van der Waals surface area contributed by atoms with Crippen LogP contribution < -0.4 is 5.32 Å². The number of hydrogen-bond donors (Lipinski definition) is 1. The lowest BCUT2D eigenvalue weighted by Crippen LogP contribution is -2.37. The number of aryl methyl sites for hydroxylation is 1. The molecule has 2 rings (SSSR count). The van der Waals surface area contributed by atoms with Crippen molar-refractivity contribution in [3.8, 4) is 0 Å². The topological polar surface area (TPSA) is 24.5 Å². The molecule has 1 aromatic rings. The van der Waals surface area contributed by atoms with Crippen LogP contribution in [0.3, 0.4) is 0 Å². The van der Waals surface area contributed by atoms with Gasteiger partial charge < -0.3 is 10.1 Å². The van der Waals surface area contributed by atoms with Gasteiger partial charge in [-0.15, -0.1) is 0 Å². The quantitative estimate of drug-likeness (QED) is 0.814. The van der Waals surface area contributed by atoms with E-state index in [2.05, 4.69) is 48.0 Å². The first-order chi connectivity index (χ1) is 10.3. The molecule has 118 valence electrons. The van der Waals surface area contributed by atoms with Crippen molar-refractivity contribution in [2.75, 3.05) is 39.4 Å². The Morgan fingerprint density at radius 3 is 2.57 bits per heavy atom. The molecule has 1 aliphatic heterocycles. The highest BCUT2D eigenvalue weighted by molar-refractivity contribution is 5.64. The Bertz CT molecular complexity index is 411. The zero-order chi connectivity index (χ0) is 15.5. The van der Waals surface area contributed by atoms with Gasteiger partial charge in [-0.3, -0.25) is 4.90 Å². The van der Waals surface area contributed by atoms with Gasteiger partial charge in [0, 0.05) is 25.3 Å². The predicted molar refractivity (Wildman–Crippen MR) is 91.4 cm³/mol. The van der Waals surface area contributed by atoms with E-state index >= 15 is 0 Å². The zero-order valence-corrected chi connectivity index (χ0v) is 13.8. The highest BCUT2D eigenvalue weighted by Gasteiger charge is 2.09. The molecule has 1 aliphatic rings. The van der Waals surface area contributed by atoms with E-state index in [4.69, 9.17) is 4.74 Å². The van der Waals surface area contributed by atoms with Gasteiger partial charge in [0.2, 0.25) is 0 Å². The summed E-state index contributed by atoms with van der Waals surface area (Å²) in [5, 5.41) is 3.43. The highest BCUT2D eigenvalue weighted by Crippen LogP contribution is 2.14. The zero-order valence-electron chi connectivity index (χ0n) is 13.8. The molecule has 0 aliphatic carbocycles. The first kappa shape index (κ1) is 17.7. The van der Waals surface area contributed by atoms with Gasteiger partial charge in [-0.2, -0.15) is 0 Å². The van der Waals surface area contributed by atoms with Gasteiger partial charge in [0.25, 0.3) is 0 Å². The molecule has 1 heterocycles. The molecule has 1 N–H and O–H groups in total. The van der Waals surface area contributed by atoms with Crippen LogP contribution in [0.2, 0.25) is 0 Å². The second kappa shape index (κ2) is 10.4. The molecule has 1 saturated heterocycles. The summed E-state index contributed by atoms with van der Waals surface area (Å²) in [6.45, 7) is 16.3. The van der Waals surface area contributed by atoms with Gasteiger partial charge in [-0.1, -0.05) is 44.7 Å². The van der Waals surface area contributed by atoms with Crippen molar-refractivity contribution in [2.45, 2.75) is 27.2 Å². The monoisotopic (exact) mass is 290 g/mol. The van der Waals surface area contributed by atoms with Crippen LogP contribution in [0.25, 0.3) is 5.70 Å². The maximum atomic E-state index is 5.34. The lowest BCUT2D eigenvalue weighted by atomic mass is 10.1. The van der Waals surface area contributed by atoms with Crippen LogP contribution in [0.4, 0.5) is 0 Å². The normalized spacial score (nSPS) is 15.0. The van der Waals surface area contributed by atoms with E-state index in [1.807, 2.05) is 13.8 Å². The van der Waals surface area contributed by atoms with Crippen molar-refractivity contribution < 1.29 is 4.74 Å². The maximum Gasteiger partial charge on any atom is 0.0594 e. The third kappa shape index (κ3) is 6.32. The molecule has 0 amide bonds. The number of hydrogen-bond acceptors (Lipinski definition) is 3. The third-order valence-corrected chi connectivity index (χ3v) is 3.56. The molecule has 1 aromatic carbocycles. The molecule has 3 nitrogen and oxygen atoms in total. The Morgan fingerprint density at radius 1 is 1.24 bits per heavy atom. The van der Waals surface area contributed by atoms with Crippen LogP contribution in [0, 0.1) is 6.92 Å². The molecule has 0 spiro atoms. The Kier molecular flexibility index (Phi) is 8.79. The standard InChI is InChI=1S/C16H24N2O.C2H6/c1-14-6-3-4-7-16(14)15(2)17-8-5-9-18-10-12-19-13-11-18;1-2/h3-4,6-7,17H,2,5,8-13H2,1H3;1-2H3. The third-order valence-electron chi connectivity index (χ3n) is 3.56. The van der Waals surface area contributed by atoms with Crippen molar-refractivity contribution in [1.29, 1.82) is 0 Å². The summed E-state index contributed by atoms with van der Waals surface area (Å²) in [4.78, 5) is 2.46. The second-order valence-corrected chi connectivity index (χ2v) is 5.03. The first-order valence-electron chi connectivity index (χ1n) is 8.06. The summed E-state index contributed by atoms with van der Waals surface area (Å²) in [7, 11) is 0.